The van der Waals surface area contributed by atoms with Gasteiger partial charge in [0.15, 0.2) is 0 Å². The normalized spacial score (nSPS) is 15.8. The Kier molecular flexibility index (Phi) is 5.92. The summed E-state index contributed by atoms with van der Waals surface area (Å²) in [5, 5.41) is 6.72. The molecule has 1 fully saturated rings. The van der Waals surface area contributed by atoms with Crippen molar-refractivity contribution in [1.29, 1.82) is 0 Å². The lowest BCUT2D eigenvalue weighted by molar-refractivity contribution is -0.126. The molecule has 9 nitrogen and oxygen atoms in total. The monoisotopic (exact) mass is 444 g/mol. The molecule has 3 aromatic rings. The Balaban J connectivity index is 1.43. The molecule has 0 spiro atoms. The van der Waals surface area contributed by atoms with E-state index in [1.54, 1.807) is 50.4 Å². The van der Waals surface area contributed by atoms with Gasteiger partial charge in [-0.3, -0.25) is 4.79 Å². The van der Waals surface area contributed by atoms with Gasteiger partial charge in [-0.25, -0.2) is 8.42 Å². The number of furan rings is 1. The SMILES string of the molecule is Cc1nc(-c2ccc(C)c(S(=O)(=O)N3CCC(C(=O)NCc4ccco4)CC3)c2)no1. The number of rotatable bonds is 6. The van der Waals surface area contributed by atoms with Crippen LogP contribution in [-0.4, -0.2) is 41.9 Å². The highest BCUT2D eigenvalue weighted by Gasteiger charge is 2.33. The molecule has 1 saturated heterocycles. The van der Waals surface area contributed by atoms with E-state index >= 15 is 0 Å². The molecule has 31 heavy (non-hydrogen) atoms. The molecule has 1 N–H and O–H groups in total. The first kappa shape index (κ1) is 21.3. The number of hydrogen-bond donors (Lipinski definition) is 1. The summed E-state index contributed by atoms with van der Waals surface area (Å²) in [6.45, 7) is 4.33. The molecular weight excluding hydrogens is 420 g/mol. The number of sulfonamides is 1. The van der Waals surface area contributed by atoms with Gasteiger partial charge in [-0.1, -0.05) is 17.3 Å². The van der Waals surface area contributed by atoms with E-state index < -0.39 is 10.0 Å². The number of aromatic nitrogens is 2. The third-order valence-corrected chi connectivity index (χ3v) is 7.47. The van der Waals surface area contributed by atoms with Crippen molar-refractivity contribution >= 4 is 15.9 Å². The van der Waals surface area contributed by atoms with Crippen molar-refractivity contribution in [2.75, 3.05) is 13.1 Å². The molecule has 1 amide bonds. The van der Waals surface area contributed by atoms with E-state index in [0.717, 1.165) is 0 Å². The second-order valence-corrected chi connectivity index (χ2v) is 9.50. The maximum absolute atomic E-state index is 13.3. The van der Waals surface area contributed by atoms with E-state index in [2.05, 4.69) is 15.5 Å². The molecular formula is C21H24N4O5S. The summed E-state index contributed by atoms with van der Waals surface area (Å²) in [5.41, 5.74) is 1.22. The number of nitrogens with zero attached hydrogens (tertiary/aromatic N) is 3. The average molecular weight is 445 g/mol. The van der Waals surface area contributed by atoms with Gasteiger partial charge in [-0.2, -0.15) is 9.29 Å². The van der Waals surface area contributed by atoms with E-state index in [-0.39, 0.29) is 29.8 Å². The third-order valence-electron chi connectivity index (χ3n) is 5.43. The quantitative estimate of drug-likeness (QED) is 0.621. The number of carbonyl (C=O) groups is 1. The standard InChI is InChI=1S/C21H24N4O5S/c1-14-5-6-17(20-23-15(2)30-24-20)12-19(14)31(27,28)25-9-7-16(8-10-25)21(26)22-13-18-4-3-11-29-18/h3-6,11-12,16H,7-10,13H2,1-2H3,(H,22,26). The van der Waals surface area contributed by atoms with Gasteiger partial charge in [-0.15, -0.1) is 0 Å². The molecule has 3 heterocycles. The van der Waals surface area contributed by atoms with Gasteiger partial charge < -0.3 is 14.3 Å². The minimum absolute atomic E-state index is 0.0842. The summed E-state index contributed by atoms with van der Waals surface area (Å²) >= 11 is 0. The van der Waals surface area contributed by atoms with Gasteiger partial charge in [0, 0.05) is 31.5 Å². The Hall–Kier alpha value is -2.98. The summed E-state index contributed by atoms with van der Waals surface area (Å²) in [5.74, 6) is 1.13. The van der Waals surface area contributed by atoms with Crippen LogP contribution in [0.25, 0.3) is 11.4 Å². The predicted molar refractivity (Wildman–Crippen MR) is 111 cm³/mol. The number of piperidine rings is 1. The molecule has 1 aromatic carbocycles. The molecule has 1 aliphatic heterocycles. The Labute approximate surface area is 180 Å². The molecule has 0 unspecified atom stereocenters. The van der Waals surface area contributed by atoms with E-state index in [1.807, 2.05) is 0 Å². The zero-order valence-corrected chi connectivity index (χ0v) is 18.2. The smallest absolute Gasteiger partial charge is 0.243 e. The van der Waals surface area contributed by atoms with Crippen LogP contribution in [0.5, 0.6) is 0 Å². The second-order valence-electron chi connectivity index (χ2n) is 7.59. The van der Waals surface area contributed by atoms with Crippen molar-refractivity contribution < 1.29 is 22.2 Å². The topological polar surface area (TPSA) is 119 Å². The maximum Gasteiger partial charge on any atom is 0.243 e. The van der Waals surface area contributed by atoms with E-state index in [4.69, 9.17) is 8.94 Å². The molecule has 0 bridgehead atoms. The first-order chi connectivity index (χ1) is 14.8. The highest BCUT2D eigenvalue weighted by Crippen LogP contribution is 2.29. The predicted octanol–water partition coefficient (Wildman–Crippen LogP) is 2.66. The Morgan fingerprint density at radius 1 is 1.23 bits per heavy atom. The van der Waals surface area contributed by atoms with Crippen molar-refractivity contribution in [2.24, 2.45) is 5.92 Å². The van der Waals surface area contributed by atoms with Gasteiger partial charge in [0.25, 0.3) is 0 Å². The average Bonchev–Trinajstić information content (AvgIpc) is 3.44. The van der Waals surface area contributed by atoms with Gasteiger partial charge in [0.05, 0.1) is 17.7 Å². The number of hydrogen-bond acceptors (Lipinski definition) is 7. The van der Waals surface area contributed by atoms with Gasteiger partial charge in [0.1, 0.15) is 5.76 Å². The fraction of sp³-hybridized carbons (Fsp3) is 0.381. The molecule has 0 saturated carbocycles. The summed E-state index contributed by atoms with van der Waals surface area (Å²) in [6, 6.07) is 8.65. The number of benzene rings is 1. The molecule has 4 rings (SSSR count). The zero-order valence-electron chi connectivity index (χ0n) is 17.4. The van der Waals surface area contributed by atoms with Crippen molar-refractivity contribution in [3.05, 3.63) is 53.8 Å². The highest BCUT2D eigenvalue weighted by atomic mass is 32.2. The minimum Gasteiger partial charge on any atom is -0.467 e. The van der Waals surface area contributed by atoms with Crippen molar-refractivity contribution in [3.8, 4) is 11.4 Å². The van der Waals surface area contributed by atoms with Crippen LogP contribution in [-0.2, 0) is 21.4 Å². The van der Waals surface area contributed by atoms with Crippen LogP contribution in [0.3, 0.4) is 0 Å². The summed E-state index contributed by atoms with van der Waals surface area (Å²) in [7, 11) is -3.71. The van der Waals surface area contributed by atoms with Crippen LogP contribution in [0.4, 0.5) is 0 Å². The Morgan fingerprint density at radius 2 is 2.00 bits per heavy atom. The lowest BCUT2D eigenvalue weighted by atomic mass is 9.97. The first-order valence-electron chi connectivity index (χ1n) is 10.1. The number of amides is 1. The van der Waals surface area contributed by atoms with Crippen LogP contribution in [0, 0.1) is 19.8 Å². The molecule has 0 aliphatic carbocycles. The van der Waals surface area contributed by atoms with Crippen molar-refractivity contribution in [2.45, 2.75) is 38.1 Å². The fourth-order valence-corrected chi connectivity index (χ4v) is 5.38. The van der Waals surface area contributed by atoms with Crippen LogP contribution >= 0.6 is 0 Å². The third kappa shape index (κ3) is 4.54. The zero-order chi connectivity index (χ0) is 22.0. The maximum atomic E-state index is 13.3. The molecule has 2 aromatic heterocycles. The summed E-state index contributed by atoms with van der Waals surface area (Å²) < 4.78 is 38.3. The molecule has 1 aliphatic rings. The number of aryl methyl sites for hydroxylation is 2. The molecule has 0 radical (unpaired) electrons. The lowest BCUT2D eigenvalue weighted by Crippen LogP contribution is -2.43. The summed E-state index contributed by atoms with van der Waals surface area (Å²) in [4.78, 5) is 16.8. The number of nitrogens with one attached hydrogen (secondary N) is 1. The van der Waals surface area contributed by atoms with Crippen molar-refractivity contribution in [1.82, 2.24) is 19.8 Å². The Morgan fingerprint density at radius 3 is 2.65 bits per heavy atom. The van der Waals surface area contributed by atoms with E-state index in [0.29, 0.717) is 48.0 Å². The van der Waals surface area contributed by atoms with Crippen LogP contribution in [0.1, 0.15) is 30.1 Å². The van der Waals surface area contributed by atoms with Crippen LogP contribution in [0.15, 0.2) is 50.4 Å². The summed E-state index contributed by atoms with van der Waals surface area (Å²) in [6.07, 6.45) is 2.49. The molecule has 0 atom stereocenters. The highest BCUT2D eigenvalue weighted by molar-refractivity contribution is 7.89. The van der Waals surface area contributed by atoms with E-state index in [1.165, 1.54) is 4.31 Å². The first-order valence-corrected chi connectivity index (χ1v) is 11.5. The molecule has 10 heteroatoms. The largest absolute Gasteiger partial charge is 0.467 e. The van der Waals surface area contributed by atoms with Gasteiger partial charge >= 0.3 is 0 Å². The lowest BCUT2D eigenvalue weighted by Gasteiger charge is -2.31. The van der Waals surface area contributed by atoms with Crippen molar-refractivity contribution in [3.63, 3.8) is 0 Å². The van der Waals surface area contributed by atoms with Crippen LogP contribution < -0.4 is 5.32 Å². The van der Waals surface area contributed by atoms with Crippen LogP contribution in [0.2, 0.25) is 0 Å². The minimum atomic E-state index is -3.71. The fourth-order valence-electron chi connectivity index (χ4n) is 3.66. The van der Waals surface area contributed by atoms with Gasteiger partial charge in [-0.05, 0) is 43.5 Å². The number of carbonyl (C=O) groups excluding carboxylic acids is 1. The molecule has 164 valence electrons. The second kappa shape index (κ2) is 8.64. The van der Waals surface area contributed by atoms with Gasteiger partial charge in [0.2, 0.25) is 27.6 Å². The van der Waals surface area contributed by atoms with E-state index in [9.17, 15) is 13.2 Å². The Bertz CT molecular complexity index is 1160.